The van der Waals surface area contributed by atoms with Crippen molar-refractivity contribution in [2.24, 2.45) is 0 Å². The Balaban J connectivity index is 2.47. The topological polar surface area (TPSA) is 114 Å². The lowest BCUT2D eigenvalue weighted by Gasteiger charge is -2.19. The average Bonchev–Trinajstić information content (AvgIpc) is 2.57. The van der Waals surface area contributed by atoms with Gasteiger partial charge in [-0.15, -0.1) is 0 Å². The molecule has 0 aliphatic rings. The summed E-state index contributed by atoms with van der Waals surface area (Å²) in [6, 6.07) is 7.10. The van der Waals surface area contributed by atoms with Crippen LogP contribution in [-0.2, 0) is 25.7 Å². The van der Waals surface area contributed by atoms with E-state index in [2.05, 4.69) is 16.0 Å². The molecule has 1 aromatic rings. The smallest absolute Gasteiger partial charge is 0.407 e. The fourth-order valence-electron chi connectivity index (χ4n) is 2.17. The molecule has 0 spiro atoms. The molecule has 8 heteroatoms. The lowest BCUT2D eigenvalue weighted by molar-refractivity contribution is -0.124. The van der Waals surface area contributed by atoms with Gasteiger partial charge in [-0.25, -0.2) is 4.79 Å². The van der Waals surface area contributed by atoms with E-state index < -0.39 is 11.7 Å². The van der Waals surface area contributed by atoms with Gasteiger partial charge >= 0.3 is 6.09 Å². The molecule has 0 saturated heterocycles. The number of nitrogens with one attached hydrogen (secondary N) is 3. The molecule has 0 saturated carbocycles. The Labute approximate surface area is 165 Å². The summed E-state index contributed by atoms with van der Waals surface area (Å²) in [5, 5.41) is 8.03. The fraction of sp³-hybridized carbons (Fsp3) is 0.500. The van der Waals surface area contributed by atoms with Gasteiger partial charge in [0.15, 0.2) is 0 Å². The monoisotopic (exact) mass is 391 g/mol. The van der Waals surface area contributed by atoms with Gasteiger partial charge in [0.1, 0.15) is 11.4 Å². The van der Waals surface area contributed by atoms with Crippen LogP contribution in [0.25, 0.3) is 0 Å². The second kappa shape index (κ2) is 11.1. The second-order valence-electron chi connectivity index (χ2n) is 7.36. The molecule has 0 atom stereocenters. The van der Waals surface area contributed by atoms with Crippen LogP contribution in [0.2, 0.25) is 0 Å². The SMILES string of the molecule is CC(=O)CCC(=O)NCc1ccccc1NC(=O)CCNC(=O)OC(C)(C)C. The Bertz CT molecular complexity index is 710. The first-order valence-electron chi connectivity index (χ1n) is 9.17. The minimum absolute atomic E-state index is 0.0391. The highest BCUT2D eigenvalue weighted by Gasteiger charge is 2.16. The highest BCUT2D eigenvalue weighted by molar-refractivity contribution is 5.92. The van der Waals surface area contributed by atoms with Gasteiger partial charge < -0.3 is 25.5 Å². The van der Waals surface area contributed by atoms with Crippen molar-refractivity contribution >= 4 is 29.4 Å². The number of amides is 3. The summed E-state index contributed by atoms with van der Waals surface area (Å²) in [6.07, 6.45) is -0.151. The van der Waals surface area contributed by atoms with Gasteiger partial charge in [0.2, 0.25) is 11.8 Å². The Morgan fingerprint density at radius 2 is 1.61 bits per heavy atom. The first-order valence-corrected chi connectivity index (χ1v) is 9.17. The third kappa shape index (κ3) is 10.3. The molecule has 0 radical (unpaired) electrons. The maximum Gasteiger partial charge on any atom is 0.407 e. The summed E-state index contributed by atoms with van der Waals surface area (Å²) < 4.78 is 5.10. The first-order chi connectivity index (χ1) is 13.1. The number of carbonyl (C=O) groups is 4. The minimum atomic E-state index is -0.597. The Morgan fingerprint density at radius 1 is 0.929 bits per heavy atom. The number of hydrogen-bond acceptors (Lipinski definition) is 5. The molecular weight excluding hydrogens is 362 g/mol. The van der Waals surface area contributed by atoms with E-state index in [0.29, 0.717) is 5.69 Å². The number of ether oxygens (including phenoxy) is 1. The third-order valence-corrected chi connectivity index (χ3v) is 3.49. The number of anilines is 1. The zero-order valence-electron chi connectivity index (χ0n) is 16.9. The normalized spacial score (nSPS) is 10.7. The van der Waals surface area contributed by atoms with Gasteiger partial charge in [-0.2, -0.15) is 0 Å². The minimum Gasteiger partial charge on any atom is -0.444 e. The summed E-state index contributed by atoms with van der Waals surface area (Å²) in [7, 11) is 0. The van der Waals surface area contributed by atoms with E-state index in [4.69, 9.17) is 4.74 Å². The van der Waals surface area contributed by atoms with Crippen LogP contribution < -0.4 is 16.0 Å². The van der Waals surface area contributed by atoms with Crippen LogP contribution in [0.5, 0.6) is 0 Å². The van der Waals surface area contributed by atoms with Gasteiger partial charge in [-0.05, 0) is 39.3 Å². The van der Waals surface area contributed by atoms with Crippen LogP contribution in [0, 0.1) is 0 Å². The summed E-state index contributed by atoms with van der Waals surface area (Å²) in [6.45, 7) is 7.10. The lowest BCUT2D eigenvalue weighted by atomic mass is 10.1. The average molecular weight is 391 g/mol. The highest BCUT2D eigenvalue weighted by atomic mass is 16.6. The quantitative estimate of drug-likeness (QED) is 0.599. The molecule has 8 nitrogen and oxygen atoms in total. The van der Waals surface area contributed by atoms with Crippen molar-refractivity contribution in [1.82, 2.24) is 10.6 Å². The molecule has 3 amide bonds. The predicted molar refractivity (Wildman–Crippen MR) is 106 cm³/mol. The molecule has 0 unspecified atom stereocenters. The van der Waals surface area contributed by atoms with Gasteiger partial charge in [0.05, 0.1) is 0 Å². The number of benzene rings is 1. The number of hydrogen-bond donors (Lipinski definition) is 3. The maximum absolute atomic E-state index is 12.1. The first kappa shape index (κ1) is 23.1. The number of rotatable bonds is 9. The lowest BCUT2D eigenvalue weighted by Crippen LogP contribution is -2.34. The molecule has 0 aliphatic carbocycles. The van der Waals surface area contributed by atoms with Crippen molar-refractivity contribution in [1.29, 1.82) is 0 Å². The molecule has 1 aromatic carbocycles. The van der Waals surface area contributed by atoms with E-state index in [-0.39, 0.29) is 49.9 Å². The van der Waals surface area contributed by atoms with Gasteiger partial charge in [0, 0.05) is 38.0 Å². The van der Waals surface area contributed by atoms with E-state index >= 15 is 0 Å². The molecule has 0 fully saturated rings. The molecule has 0 bridgehead atoms. The van der Waals surface area contributed by atoms with E-state index in [1.165, 1.54) is 6.92 Å². The molecular formula is C20H29N3O5. The summed E-state index contributed by atoms with van der Waals surface area (Å²) >= 11 is 0. The van der Waals surface area contributed by atoms with Crippen LogP contribution in [0.1, 0.15) is 52.5 Å². The number of para-hydroxylation sites is 1. The van der Waals surface area contributed by atoms with Crippen molar-refractivity contribution < 1.29 is 23.9 Å². The highest BCUT2D eigenvalue weighted by Crippen LogP contribution is 2.15. The van der Waals surface area contributed by atoms with E-state index in [0.717, 1.165) is 5.56 Å². The standard InChI is InChI=1S/C20H29N3O5/c1-14(24)9-10-17(25)22-13-15-7-5-6-8-16(15)23-18(26)11-12-21-19(27)28-20(2,3)4/h5-8H,9-13H2,1-4H3,(H,21,27)(H,22,25)(H,23,26). The van der Waals surface area contributed by atoms with Crippen LogP contribution in [0.15, 0.2) is 24.3 Å². The van der Waals surface area contributed by atoms with Gasteiger partial charge in [0.25, 0.3) is 0 Å². The largest absolute Gasteiger partial charge is 0.444 e. The number of alkyl carbamates (subject to hydrolysis) is 1. The van der Waals surface area contributed by atoms with Crippen molar-refractivity contribution in [3.05, 3.63) is 29.8 Å². The van der Waals surface area contributed by atoms with Crippen LogP contribution >= 0.6 is 0 Å². The predicted octanol–water partition coefficient (Wildman–Crippen LogP) is 2.53. The zero-order valence-corrected chi connectivity index (χ0v) is 16.9. The van der Waals surface area contributed by atoms with Crippen LogP contribution in [0.4, 0.5) is 10.5 Å². The van der Waals surface area contributed by atoms with Gasteiger partial charge in [-0.1, -0.05) is 18.2 Å². The van der Waals surface area contributed by atoms with Crippen molar-refractivity contribution in [3.8, 4) is 0 Å². The zero-order chi connectivity index (χ0) is 21.2. The van der Waals surface area contributed by atoms with Crippen molar-refractivity contribution in [2.45, 2.75) is 59.1 Å². The molecule has 3 N–H and O–H groups in total. The van der Waals surface area contributed by atoms with Crippen LogP contribution in [-0.4, -0.2) is 35.8 Å². The van der Waals surface area contributed by atoms with E-state index in [9.17, 15) is 19.2 Å². The fourth-order valence-corrected chi connectivity index (χ4v) is 2.17. The Morgan fingerprint density at radius 3 is 2.25 bits per heavy atom. The molecule has 1 rings (SSSR count). The van der Waals surface area contributed by atoms with E-state index in [1.807, 2.05) is 0 Å². The molecule has 154 valence electrons. The number of Topliss-reactive ketones (excluding diaryl/α,β-unsaturated/α-hetero) is 1. The van der Waals surface area contributed by atoms with Gasteiger partial charge in [-0.3, -0.25) is 9.59 Å². The van der Waals surface area contributed by atoms with Crippen LogP contribution in [0.3, 0.4) is 0 Å². The summed E-state index contributed by atoms with van der Waals surface area (Å²) in [5.74, 6) is -0.535. The molecule has 0 aromatic heterocycles. The third-order valence-electron chi connectivity index (χ3n) is 3.49. The van der Waals surface area contributed by atoms with Crippen molar-refractivity contribution in [3.63, 3.8) is 0 Å². The second-order valence-corrected chi connectivity index (χ2v) is 7.36. The Hall–Kier alpha value is -2.90. The summed E-state index contributed by atoms with van der Waals surface area (Å²) in [4.78, 5) is 46.4. The molecule has 0 heterocycles. The maximum atomic E-state index is 12.1. The number of ketones is 1. The molecule has 28 heavy (non-hydrogen) atoms. The number of carbonyl (C=O) groups excluding carboxylic acids is 4. The Kier molecular flexibility index (Phi) is 9.14. The summed E-state index contributed by atoms with van der Waals surface area (Å²) in [5.41, 5.74) is 0.726. The molecule has 0 aliphatic heterocycles. The van der Waals surface area contributed by atoms with E-state index in [1.54, 1.807) is 45.0 Å². The van der Waals surface area contributed by atoms with Crippen molar-refractivity contribution in [2.75, 3.05) is 11.9 Å².